The lowest BCUT2D eigenvalue weighted by atomic mass is 10.4. The first kappa shape index (κ1) is 6.15. The van der Waals surface area contributed by atoms with Crippen LogP contribution in [0.1, 0.15) is 5.82 Å². The molecule has 0 atom stereocenters. The number of hydrogen-bond donors (Lipinski definition) is 2. The third-order valence-electron chi connectivity index (χ3n) is 0.797. The molecule has 0 unspecified atom stereocenters. The Morgan fingerprint density at radius 3 is 3.11 bits per heavy atom. The largest absolute Gasteiger partial charge is 0.393 e. The molecule has 0 saturated carbocycles. The second-order valence-corrected chi connectivity index (χ2v) is 2.08. The quantitative estimate of drug-likeness (QED) is 0.553. The first-order chi connectivity index (χ1) is 4.29. The Labute approximate surface area is 57.5 Å². The summed E-state index contributed by atoms with van der Waals surface area (Å²) in [5.41, 5.74) is 5.22. The summed E-state index contributed by atoms with van der Waals surface area (Å²) in [7, 11) is 0. The summed E-state index contributed by atoms with van der Waals surface area (Å²) in [4.78, 5) is 4.23. The highest BCUT2D eigenvalue weighted by Gasteiger charge is 1.95. The van der Waals surface area contributed by atoms with Gasteiger partial charge in [0.2, 0.25) is 0 Å². The van der Waals surface area contributed by atoms with Crippen LogP contribution in [-0.4, -0.2) is 20.2 Å². The van der Waals surface area contributed by atoms with Crippen LogP contribution in [0.2, 0.25) is 0 Å². The average molecular weight is 142 g/mol. The normalized spacial score (nSPS) is 9.33. The molecule has 9 heavy (non-hydrogen) atoms. The molecule has 0 aliphatic carbocycles. The molecule has 0 aliphatic rings. The lowest BCUT2D eigenvalue weighted by Gasteiger charge is -1.87. The van der Waals surface area contributed by atoms with E-state index in [1.807, 2.05) is 0 Å². The van der Waals surface area contributed by atoms with E-state index in [2.05, 4.69) is 27.4 Å². The van der Waals surface area contributed by atoms with Crippen molar-refractivity contribution >= 4 is 17.2 Å². The van der Waals surface area contributed by atoms with Gasteiger partial charge >= 0.3 is 0 Å². The fraction of sp³-hybridized carbons (Fsp3) is 0.250. The van der Waals surface area contributed by atoms with Crippen molar-refractivity contribution in [1.82, 2.24) is 15.2 Å². The van der Waals surface area contributed by atoms with E-state index in [4.69, 9.17) is 5.73 Å². The molecule has 1 heterocycles. The maximum Gasteiger partial charge on any atom is 0.157 e. The Morgan fingerprint density at radius 2 is 2.67 bits per heavy atom. The first-order valence-electron chi connectivity index (χ1n) is 2.42. The van der Waals surface area contributed by atoms with E-state index in [-0.39, 0.29) is 0 Å². The van der Waals surface area contributed by atoms with Gasteiger partial charge in [-0.05, 0) is 0 Å². The molecular weight excluding hydrogens is 136 g/mol. The minimum Gasteiger partial charge on any atom is -0.393 e. The van der Waals surface area contributed by atoms with Gasteiger partial charge in [0.1, 0.15) is 6.33 Å². The molecule has 0 radical (unpaired) electrons. The van der Waals surface area contributed by atoms with Gasteiger partial charge in [0, 0.05) is 0 Å². The van der Waals surface area contributed by atoms with Crippen LogP contribution in [0.25, 0.3) is 0 Å². The molecule has 0 aromatic carbocycles. The van der Waals surface area contributed by atoms with Gasteiger partial charge in [0.05, 0.1) is 11.4 Å². The molecule has 4 nitrogen and oxygen atoms in total. The highest BCUT2D eigenvalue weighted by atomic mass is 32.1. The van der Waals surface area contributed by atoms with Crippen LogP contribution in [0, 0.1) is 0 Å². The zero-order chi connectivity index (χ0) is 6.69. The van der Waals surface area contributed by atoms with Crippen LogP contribution in [0.5, 0.6) is 0 Å². The number of aromatic nitrogens is 3. The maximum atomic E-state index is 5.22. The predicted molar refractivity (Wildman–Crippen MR) is 36.9 cm³/mol. The SMILES string of the molecule is NC(=S)Cc1nc[nH]n1. The molecule has 0 spiro atoms. The zero-order valence-corrected chi connectivity index (χ0v) is 5.48. The van der Waals surface area contributed by atoms with E-state index in [9.17, 15) is 0 Å². The smallest absolute Gasteiger partial charge is 0.157 e. The van der Waals surface area contributed by atoms with Gasteiger partial charge in [0.25, 0.3) is 0 Å². The molecule has 1 aromatic rings. The number of thiocarbonyl (C=S) groups is 1. The maximum absolute atomic E-state index is 5.22. The van der Waals surface area contributed by atoms with E-state index >= 15 is 0 Å². The number of rotatable bonds is 2. The Morgan fingerprint density at radius 1 is 1.89 bits per heavy atom. The fourth-order valence-electron chi connectivity index (χ4n) is 0.477. The van der Waals surface area contributed by atoms with Gasteiger partial charge in [-0.2, -0.15) is 5.10 Å². The van der Waals surface area contributed by atoms with Crippen LogP contribution < -0.4 is 5.73 Å². The number of nitrogens with zero attached hydrogens (tertiary/aromatic N) is 2. The van der Waals surface area contributed by atoms with Crippen LogP contribution in [0.15, 0.2) is 6.33 Å². The second-order valence-electron chi connectivity index (χ2n) is 1.56. The summed E-state index contributed by atoms with van der Waals surface area (Å²) < 4.78 is 0. The van der Waals surface area contributed by atoms with Crippen LogP contribution in [-0.2, 0) is 6.42 Å². The van der Waals surface area contributed by atoms with Gasteiger partial charge in [-0.15, -0.1) is 0 Å². The Bertz CT molecular complexity index is 192. The van der Waals surface area contributed by atoms with Crippen molar-refractivity contribution in [2.24, 2.45) is 5.73 Å². The molecule has 0 amide bonds. The lowest BCUT2D eigenvalue weighted by molar-refractivity contribution is 1.01. The molecule has 48 valence electrons. The standard InChI is InChI=1S/C4H6N4S/c5-3(9)1-4-6-2-7-8-4/h2H,1H2,(H2,5,9)(H,6,7,8). The Kier molecular flexibility index (Phi) is 1.74. The summed E-state index contributed by atoms with van der Waals surface area (Å²) in [6.45, 7) is 0. The number of aromatic amines is 1. The van der Waals surface area contributed by atoms with Crippen LogP contribution in [0.3, 0.4) is 0 Å². The van der Waals surface area contributed by atoms with Crippen molar-refractivity contribution in [3.8, 4) is 0 Å². The third kappa shape index (κ3) is 1.77. The number of nitrogens with one attached hydrogen (secondary N) is 1. The number of nitrogens with two attached hydrogens (primary N) is 1. The van der Waals surface area contributed by atoms with E-state index in [1.54, 1.807) is 0 Å². The van der Waals surface area contributed by atoms with E-state index in [1.165, 1.54) is 6.33 Å². The first-order valence-corrected chi connectivity index (χ1v) is 2.83. The van der Waals surface area contributed by atoms with Crippen molar-refractivity contribution in [2.75, 3.05) is 0 Å². The highest BCUT2D eigenvalue weighted by molar-refractivity contribution is 7.80. The number of H-pyrrole nitrogens is 1. The monoisotopic (exact) mass is 142 g/mol. The summed E-state index contributed by atoms with van der Waals surface area (Å²) in [6.07, 6.45) is 1.96. The molecule has 1 aromatic heterocycles. The van der Waals surface area contributed by atoms with Crippen molar-refractivity contribution in [3.63, 3.8) is 0 Å². The number of hydrogen-bond acceptors (Lipinski definition) is 3. The molecular formula is C4H6N4S. The predicted octanol–water partition coefficient (Wildman–Crippen LogP) is -0.367. The molecule has 5 heteroatoms. The molecule has 1 rings (SSSR count). The van der Waals surface area contributed by atoms with Crippen molar-refractivity contribution in [2.45, 2.75) is 6.42 Å². The van der Waals surface area contributed by atoms with Crippen LogP contribution >= 0.6 is 12.2 Å². The van der Waals surface area contributed by atoms with E-state index in [0.717, 1.165) is 0 Å². The molecule has 0 aliphatic heterocycles. The van der Waals surface area contributed by atoms with Gasteiger partial charge in [-0.1, -0.05) is 12.2 Å². The van der Waals surface area contributed by atoms with E-state index in [0.29, 0.717) is 17.2 Å². The Balaban J connectivity index is 2.58. The third-order valence-corrected chi connectivity index (χ3v) is 0.942. The van der Waals surface area contributed by atoms with Crippen molar-refractivity contribution in [3.05, 3.63) is 12.2 Å². The molecule has 0 fully saturated rings. The molecule has 3 N–H and O–H groups in total. The minimum absolute atomic E-state index is 0.412. The Hall–Kier alpha value is -0.970. The molecule has 0 bridgehead atoms. The second kappa shape index (κ2) is 2.54. The van der Waals surface area contributed by atoms with Crippen molar-refractivity contribution in [1.29, 1.82) is 0 Å². The summed E-state index contributed by atoms with van der Waals surface area (Å²) in [5, 5.41) is 6.31. The molecule has 0 saturated heterocycles. The topological polar surface area (TPSA) is 67.6 Å². The van der Waals surface area contributed by atoms with Crippen LogP contribution in [0.4, 0.5) is 0 Å². The minimum atomic E-state index is 0.412. The highest BCUT2D eigenvalue weighted by Crippen LogP contribution is 1.85. The van der Waals surface area contributed by atoms with E-state index < -0.39 is 0 Å². The van der Waals surface area contributed by atoms with Crippen molar-refractivity contribution < 1.29 is 0 Å². The van der Waals surface area contributed by atoms with Gasteiger partial charge < -0.3 is 5.73 Å². The van der Waals surface area contributed by atoms with Gasteiger partial charge in [-0.25, -0.2) is 4.98 Å². The summed E-state index contributed by atoms with van der Waals surface area (Å²) in [5.74, 6) is 0.641. The fourth-order valence-corrected chi connectivity index (χ4v) is 0.606. The average Bonchev–Trinajstić information content (AvgIpc) is 2.15. The van der Waals surface area contributed by atoms with Gasteiger partial charge in [0.15, 0.2) is 5.82 Å². The summed E-state index contributed by atoms with van der Waals surface area (Å²) >= 11 is 4.63. The van der Waals surface area contributed by atoms with Gasteiger partial charge in [-0.3, -0.25) is 5.10 Å². The summed E-state index contributed by atoms with van der Waals surface area (Å²) in [6, 6.07) is 0. The zero-order valence-electron chi connectivity index (χ0n) is 4.66. The lowest BCUT2D eigenvalue weighted by Crippen LogP contribution is -2.11.